The maximum absolute atomic E-state index is 13.9. The number of phenols is 1. The smallest absolute Gasteiger partial charge is 0.301 e. The van der Waals surface area contributed by atoms with Crippen LogP contribution in [0.3, 0.4) is 0 Å². The maximum atomic E-state index is 13.9. The third-order valence-electron chi connectivity index (χ3n) is 6.18. The highest BCUT2D eigenvalue weighted by Crippen LogP contribution is 2.47. The summed E-state index contributed by atoms with van der Waals surface area (Å²) in [6, 6.07) is 12.4. The molecule has 2 N–H and O–H groups in total. The molecule has 1 amide bonds. The number of Topliss-reactive ketones (excluding diaryl/α,β-unsaturated/α-hetero) is 1. The number of fused-ring (bicyclic) bond motifs is 1. The molecule has 39 heavy (non-hydrogen) atoms. The molecule has 11 heteroatoms. The summed E-state index contributed by atoms with van der Waals surface area (Å²) in [5.74, 6) is -2.16. The number of carbonyl (C=O) groups excluding carboxylic acids is 2. The van der Waals surface area contributed by atoms with Crippen molar-refractivity contribution in [3.8, 4) is 17.2 Å². The van der Waals surface area contributed by atoms with Gasteiger partial charge < -0.3 is 19.7 Å². The van der Waals surface area contributed by atoms with Crippen molar-refractivity contribution in [3.63, 3.8) is 0 Å². The molecule has 8 nitrogen and oxygen atoms in total. The Morgan fingerprint density at radius 3 is 2.59 bits per heavy atom. The summed E-state index contributed by atoms with van der Waals surface area (Å²) in [7, 11) is 1.37. The molecule has 2 heterocycles. The summed E-state index contributed by atoms with van der Waals surface area (Å²) in [5.41, 5.74) is 0.945. The van der Waals surface area contributed by atoms with E-state index < -0.39 is 29.3 Å². The van der Waals surface area contributed by atoms with Gasteiger partial charge in [0.25, 0.3) is 5.78 Å². The molecule has 1 aromatic heterocycles. The van der Waals surface area contributed by atoms with E-state index in [1.165, 1.54) is 42.3 Å². The predicted octanol–water partition coefficient (Wildman–Crippen LogP) is 6.33. The number of aromatic hydroxyl groups is 1. The number of hydrogen-bond acceptors (Lipinski definition) is 8. The molecule has 1 aliphatic rings. The quantitative estimate of drug-likeness (QED) is 0.143. The van der Waals surface area contributed by atoms with Gasteiger partial charge in [0, 0.05) is 5.56 Å². The summed E-state index contributed by atoms with van der Waals surface area (Å²) in [4.78, 5) is 32.6. The Morgan fingerprint density at radius 1 is 1.15 bits per heavy atom. The molecule has 1 fully saturated rings. The van der Waals surface area contributed by atoms with E-state index >= 15 is 0 Å². The maximum Gasteiger partial charge on any atom is 0.301 e. The van der Waals surface area contributed by atoms with Crippen LogP contribution in [-0.2, 0) is 9.59 Å². The van der Waals surface area contributed by atoms with E-state index in [4.69, 9.17) is 9.47 Å². The molecule has 4 aromatic rings. The van der Waals surface area contributed by atoms with Crippen molar-refractivity contribution in [1.82, 2.24) is 4.98 Å². The van der Waals surface area contributed by atoms with E-state index in [1.54, 1.807) is 24.3 Å². The van der Waals surface area contributed by atoms with E-state index in [-0.39, 0.29) is 26.7 Å². The Labute approximate surface area is 235 Å². The van der Waals surface area contributed by atoms with Gasteiger partial charge in [0.2, 0.25) is 0 Å². The second kappa shape index (κ2) is 10.7. The molecule has 3 aromatic carbocycles. The normalized spacial score (nSPS) is 16.7. The van der Waals surface area contributed by atoms with Gasteiger partial charge in [0.05, 0.1) is 40.0 Å². The van der Waals surface area contributed by atoms with Crippen LogP contribution in [0.15, 0.2) is 64.6 Å². The lowest BCUT2D eigenvalue weighted by Gasteiger charge is -2.24. The molecule has 0 spiro atoms. The van der Waals surface area contributed by atoms with Gasteiger partial charge in [-0.3, -0.25) is 14.5 Å². The number of amides is 1. The van der Waals surface area contributed by atoms with Crippen molar-refractivity contribution in [1.29, 1.82) is 0 Å². The molecule has 0 saturated carbocycles. The van der Waals surface area contributed by atoms with Crippen molar-refractivity contribution in [2.75, 3.05) is 18.6 Å². The standard InChI is InChI=1S/C28H22BrFN2O6S/c1-3-10-38-17-7-4-14(5-8-17)24(33)22-23(15-11-18(29)25(34)20(12-15)37-2)32(27(36)26(22)35)28-31-19-9-6-16(30)13-21(19)39-28/h4-9,11-13,23,33-34H,3,10H2,1-2H3/b24-22+. The summed E-state index contributed by atoms with van der Waals surface area (Å²) in [6.07, 6.45) is 0.829. The van der Waals surface area contributed by atoms with Crippen LogP contribution in [0.5, 0.6) is 17.2 Å². The summed E-state index contributed by atoms with van der Waals surface area (Å²) >= 11 is 4.33. The summed E-state index contributed by atoms with van der Waals surface area (Å²) < 4.78 is 25.5. The highest BCUT2D eigenvalue weighted by Gasteiger charge is 2.48. The zero-order chi connectivity index (χ0) is 27.8. The molecule has 0 bridgehead atoms. The number of thiazole rings is 1. The van der Waals surface area contributed by atoms with Crippen molar-refractivity contribution >= 4 is 60.1 Å². The minimum atomic E-state index is -1.13. The zero-order valence-electron chi connectivity index (χ0n) is 20.8. The molecule has 0 radical (unpaired) electrons. The van der Waals surface area contributed by atoms with Gasteiger partial charge in [-0.15, -0.1) is 0 Å². The third-order valence-corrected chi connectivity index (χ3v) is 7.80. The Morgan fingerprint density at radius 2 is 1.90 bits per heavy atom. The molecule has 200 valence electrons. The number of nitrogens with zero attached hydrogens (tertiary/aromatic N) is 2. The molecule has 1 unspecified atom stereocenters. The van der Waals surface area contributed by atoms with Gasteiger partial charge in [-0.2, -0.15) is 0 Å². The van der Waals surface area contributed by atoms with Crippen molar-refractivity contribution in [3.05, 3.63) is 81.6 Å². The first kappa shape index (κ1) is 26.6. The minimum Gasteiger partial charge on any atom is -0.507 e. The van der Waals surface area contributed by atoms with Gasteiger partial charge in [-0.25, -0.2) is 9.37 Å². The third kappa shape index (κ3) is 4.83. The topological polar surface area (TPSA) is 109 Å². The first-order valence-corrected chi connectivity index (χ1v) is 13.5. The van der Waals surface area contributed by atoms with Crippen molar-refractivity contribution in [2.45, 2.75) is 19.4 Å². The fraction of sp³-hybridized carbons (Fsp3) is 0.179. The Hall–Kier alpha value is -3.96. The molecule has 1 atom stereocenters. The van der Waals surface area contributed by atoms with Crippen LogP contribution in [0, 0.1) is 5.82 Å². The number of aromatic nitrogens is 1. The van der Waals surface area contributed by atoms with E-state index in [0.29, 0.717) is 33.7 Å². The summed E-state index contributed by atoms with van der Waals surface area (Å²) in [6.45, 7) is 2.51. The number of rotatable bonds is 7. The average molecular weight is 613 g/mol. The molecular formula is C28H22BrFN2O6S. The number of anilines is 1. The van der Waals surface area contributed by atoms with Crippen LogP contribution in [0.2, 0.25) is 0 Å². The lowest BCUT2D eigenvalue weighted by atomic mass is 9.95. The van der Waals surface area contributed by atoms with Gasteiger partial charge in [0.1, 0.15) is 17.3 Å². The lowest BCUT2D eigenvalue weighted by molar-refractivity contribution is -0.132. The Balaban J connectivity index is 1.70. The Bertz CT molecular complexity index is 1640. The summed E-state index contributed by atoms with van der Waals surface area (Å²) in [5, 5.41) is 21.9. The van der Waals surface area contributed by atoms with Gasteiger partial charge >= 0.3 is 5.91 Å². The number of benzene rings is 3. The van der Waals surface area contributed by atoms with E-state index in [9.17, 15) is 24.2 Å². The number of aliphatic hydroxyl groups is 1. The average Bonchev–Trinajstić information content (AvgIpc) is 3.46. The van der Waals surface area contributed by atoms with Crippen molar-refractivity contribution < 1.29 is 33.7 Å². The van der Waals surface area contributed by atoms with Gasteiger partial charge in [0.15, 0.2) is 16.6 Å². The number of phenolic OH excluding ortho intramolecular Hbond substituents is 1. The molecule has 1 saturated heterocycles. The Kier molecular flexibility index (Phi) is 7.28. The second-order valence-corrected chi connectivity index (χ2v) is 10.6. The van der Waals surface area contributed by atoms with E-state index in [0.717, 1.165) is 17.8 Å². The fourth-order valence-corrected chi connectivity index (χ4v) is 5.80. The molecular weight excluding hydrogens is 591 g/mol. The molecule has 0 aliphatic carbocycles. The lowest BCUT2D eigenvalue weighted by Crippen LogP contribution is -2.29. The highest BCUT2D eigenvalue weighted by molar-refractivity contribution is 9.10. The largest absolute Gasteiger partial charge is 0.507 e. The number of ketones is 1. The number of ether oxygens (including phenoxy) is 2. The van der Waals surface area contributed by atoms with Crippen molar-refractivity contribution in [2.24, 2.45) is 0 Å². The van der Waals surface area contributed by atoms with E-state index in [2.05, 4.69) is 20.9 Å². The number of methoxy groups -OCH3 is 1. The fourth-order valence-electron chi connectivity index (χ4n) is 4.33. The first-order chi connectivity index (χ1) is 18.7. The first-order valence-electron chi connectivity index (χ1n) is 11.9. The molecule has 1 aliphatic heterocycles. The number of halogens is 2. The second-order valence-electron chi connectivity index (χ2n) is 8.70. The highest BCUT2D eigenvalue weighted by atomic mass is 79.9. The van der Waals surface area contributed by atoms with Crippen LogP contribution in [0.25, 0.3) is 16.0 Å². The zero-order valence-corrected chi connectivity index (χ0v) is 23.2. The van der Waals surface area contributed by atoms with Crippen LogP contribution in [0.4, 0.5) is 9.52 Å². The predicted molar refractivity (Wildman–Crippen MR) is 149 cm³/mol. The van der Waals surface area contributed by atoms with Gasteiger partial charge in [-0.1, -0.05) is 18.3 Å². The van der Waals surface area contributed by atoms with Crippen LogP contribution < -0.4 is 14.4 Å². The van der Waals surface area contributed by atoms with Crippen LogP contribution >= 0.6 is 27.3 Å². The number of carbonyl (C=O) groups is 2. The van der Waals surface area contributed by atoms with E-state index in [1.807, 2.05) is 6.92 Å². The monoisotopic (exact) mass is 612 g/mol. The van der Waals surface area contributed by atoms with Crippen LogP contribution in [0.1, 0.15) is 30.5 Å². The van der Waals surface area contributed by atoms with Crippen LogP contribution in [-0.4, -0.2) is 40.6 Å². The number of hydrogen-bond donors (Lipinski definition) is 2. The minimum absolute atomic E-state index is 0.0914. The van der Waals surface area contributed by atoms with Gasteiger partial charge in [-0.05, 0) is 82.5 Å². The molecule has 5 rings (SSSR count). The number of aliphatic hydroxyl groups excluding tert-OH is 1. The SMILES string of the molecule is CCCOc1ccc(/C(O)=C2\C(=O)C(=O)N(c3nc4ccc(F)cc4s3)C2c2cc(Br)c(O)c(OC)c2)cc1.